The second kappa shape index (κ2) is 11.6. The molecule has 2 rings (SSSR count). The van der Waals surface area contributed by atoms with Crippen LogP contribution in [0.1, 0.15) is 11.1 Å². The lowest BCUT2D eigenvalue weighted by molar-refractivity contribution is -0.505. The first-order valence-corrected chi connectivity index (χ1v) is 6.21. The van der Waals surface area contributed by atoms with Crippen molar-refractivity contribution in [2.45, 2.75) is 0 Å². The number of hydrogen-bond acceptors (Lipinski definition) is 1. The van der Waals surface area contributed by atoms with E-state index in [1.54, 1.807) is 12.4 Å². The second-order valence-corrected chi connectivity index (χ2v) is 4.01. The highest BCUT2D eigenvalue weighted by molar-refractivity contribution is 5.78. The van der Waals surface area contributed by atoms with Gasteiger partial charge < -0.3 is 39.7 Å². The maximum Gasteiger partial charge on any atom is 0.314 e. The summed E-state index contributed by atoms with van der Waals surface area (Å²) < 4.78 is 0. The SMILES string of the molecule is NC(=N[NH+]=Cc1ccccc1)N[NH+]=Cc1ccccc1.[Br-].[Br-]. The van der Waals surface area contributed by atoms with Crippen molar-refractivity contribution in [1.82, 2.24) is 5.43 Å². The topological polar surface area (TPSA) is 78.3 Å². The van der Waals surface area contributed by atoms with E-state index in [1.165, 1.54) is 0 Å². The van der Waals surface area contributed by atoms with Gasteiger partial charge in [0.05, 0.1) is 0 Å². The zero-order valence-electron chi connectivity index (χ0n) is 11.7. The molecule has 5 nitrogen and oxygen atoms in total. The molecule has 0 unspecified atom stereocenters. The first kappa shape index (κ1) is 20.0. The van der Waals surface area contributed by atoms with Crippen molar-refractivity contribution in [3.8, 4) is 0 Å². The molecule has 0 amide bonds. The number of nitrogens with two attached hydrogens (primary N) is 1. The van der Waals surface area contributed by atoms with Crippen molar-refractivity contribution < 1.29 is 44.2 Å². The van der Waals surface area contributed by atoms with E-state index in [0.29, 0.717) is 0 Å². The van der Waals surface area contributed by atoms with Gasteiger partial charge in [-0.25, -0.2) is 0 Å². The average Bonchev–Trinajstić information content (AvgIpc) is 2.49. The van der Waals surface area contributed by atoms with Crippen molar-refractivity contribution in [3.63, 3.8) is 0 Å². The van der Waals surface area contributed by atoms with E-state index in [9.17, 15) is 0 Å². The Morgan fingerprint density at radius 1 is 0.864 bits per heavy atom. The highest BCUT2D eigenvalue weighted by Gasteiger charge is 1.95. The fourth-order valence-corrected chi connectivity index (χ4v) is 1.50. The lowest BCUT2D eigenvalue weighted by Gasteiger charge is -1.88. The van der Waals surface area contributed by atoms with Crippen LogP contribution in [0, 0.1) is 0 Å². The van der Waals surface area contributed by atoms with Crippen LogP contribution in [-0.4, -0.2) is 18.4 Å². The van der Waals surface area contributed by atoms with Crippen LogP contribution in [0.3, 0.4) is 0 Å². The number of hydrogen-bond donors (Lipinski definition) is 4. The molecule has 2 aromatic carbocycles. The lowest BCUT2D eigenvalue weighted by Crippen LogP contribution is -3.00. The predicted molar refractivity (Wildman–Crippen MR) is 79.9 cm³/mol. The first-order chi connectivity index (χ1) is 9.84. The number of halogens is 2. The van der Waals surface area contributed by atoms with Gasteiger partial charge in [-0.3, -0.25) is 0 Å². The molecule has 0 aliphatic heterocycles. The van der Waals surface area contributed by atoms with Crippen LogP contribution >= 0.6 is 0 Å². The predicted octanol–water partition coefficient (Wildman–Crippen LogP) is -7.87. The standard InChI is InChI=1S/C15H15N5.2BrH/c16-15(19-17-11-13-7-3-1-4-8-13)20-18-12-14-9-5-2-6-10-14;;/h1-12H,(H3,16,19,20);2*1H. The molecule has 5 N–H and O–H groups in total. The fraction of sp³-hybridized carbons (Fsp3) is 0. The molecule has 0 bridgehead atoms. The van der Waals surface area contributed by atoms with Gasteiger partial charge in [0.25, 0.3) is 0 Å². The molecule has 116 valence electrons. The van der Waals surface area contributed by atoms with Crippen LogP contribution in [0.25, 0.3) is 0 Å². The molecular weight excluding hydrogens is 410 g/mol. The normalized spacial score (nSPS) is 11.0. The largest absolute Gasteiger partial charge is 1.00 e. The number of benzene rings is 2. The number of hydrazone groups is 2. The van der Waals surface area contributed by atoms with Gasteiger partial charge >= 0.3 is 5.96 Å². The molecule has 0 saturated heterocycles. The van der Waals surface area contributed by atoms with Gasteiger partial charge in [-0.2, -0.15) is 0 Å². The minimum atomic E-state index is 0. The van der Waals surface area contributed by atoms with Crippen molar-refractivity contribution in [2.75, 3.05) is 0 Å². The number of hydrazine groups is 1. The quantitative estimate of drug-likeness (QED) is 0.222. The smallest absolute Gasteiger partial charge is 0.314 e. The molecule has 0 aliphatic rings. The Hall–Kier alpha value is -1.99. The van der Waals surface area contributed by atoms with Crippen molar-refractivity contribution in [2.24, 2.45) is 10.8 Å². The van der Waals surface area contributed by atoms with Crippen LogP contribution in [-0.2, 0) is 0 Å². The highest BCUT2D eigenvalue weighted by atomic mass is 79.9. The Morgan fingerprint density at radius 3 is 1.91 bits per heavy atom. The summed E-state index contributed by atoms with van der Waals surface area (Å²) in [7, 11) is 0. The van der Waals surface area contributed by atoms with Crippen molar-refractivity contribution in [3.05, 3.63) is 71.8 Å². The third kappa shape index (κ3) is 7.70. The van der Waals surface area contributed by atoms with E-state index < -0.39 is 0 Å². The minimum Gasteiger partial charge on any atom is -1.00 e. The lowest BCUT2D eigenvalue weighted by atomic mass is 10.2. The molecule has 0 fully saturated rings. The van der Waals surface area contributed by atoms with E-state index in [1.807, 2.05) is 60.7 Å². The van der Waals surface area contributed by atoms with E-state index >= 15 is 0 Å². The zero-order chi connectivity index (χ0) is 14.0. The Balaban J connectivity index is 0.00000220. The second-order valence-electron chi connectivity index (χ2n) is 4.01. The summed E-state index contributed by atoms with van der Waals surface area (Å²) in [6.45, 7) is 0. The van der Waals surface area contributed by atoms with Gasteiger partial charge in [0, 0.05) is 16.2 Å². The number of guanidine groups is 1. The first-order valence-electron chi connectivity index (χ1n) is 6.21. The van der Waals surface area contributed by atoms with E-state index in [0.717, 1.165) is 11.1 Å². The van der Waals surface area contributed by atoms with Gasteiger partial charge in [0.2, 0.25) is 6.21 Å². The molecule has 0 heterocycles. The maximum atomic E-state index is 5.68. The third-order valence-electron chi connectivity index (χ3n) is 2.45. The Morgan fingerprint density at radius 2 is 1.36 bits per heavy atom. The summed E-state index contributed by atoms with van der Waals surface area (Å²) >= 11 is 0. The maximum absolute atomic E-state index is 5.68. The van der Waals surface area contributed by atoms with Crippen LogP contribution in [0.15, 0.2) is 65.8 Å². The Labute approximate surface area is 150 Å². The molecule has 0 spiro atoms. The molecule has 0 saturated carbocycles. The summed E-state index contributed by atoms with van der Waals surface area (Å²) in [5, 5.41) is 9.58. The van der Waals surface area contributed by atoms with Crippen LogP contribution in [0.5, 0.6) is 0 Å². The summed E-state index contributed by atoms with van der Waals surface area (Å²) in [6, 6.07) is 19.6. The fourth-order valence-electron chi connectivity index (χ4n) is 1.50. The average molecular weight is 427 g/mol. The number of nitrogens with zero attached hydrogens (tertiary/aromatic N) is 1. The highest BCUT2D eigenvalue weighted by Crippen LogP contribution is 1.91. The van der Waals surface area contributed by atoms with Gasteiger partial charge in [-0.1, -0.05) is 36.4 Å². The molecule has 0 atom stereocenters. The molecule has 0 radical (unpaired) electrons. The van der Waals surface area contributed by atoms with Gasteiger partial charge in [0.1, 0.15) is 0 Å². The summed E-state index contributed by atoms with van der Waals surface area (Å²) in [4.78, 5) is 0. The van der Waals surface area contributed by atoms with E-state index in [-0.39, 0.29) is 39.9 Å². The molecule has 0 aromatic heterocycles. The minimum absolute atomic E-state index is 0. The zero-order valence-corrected chi connectivity index (χ0v) is 14.9. The van der Waals surface area contributed by atoms with Gasteiger partial charge in [-0.05, 0) is 24.3 Å². The van der Waals surface area contributed by atoms with Crippen LogP contribution < -0.4 is 55.3 Å². The van der Waals surface area contributed by atoms with Crippen LogP contribution in [0.4, 0.5) is 0 Å². The van der Waals surface area contributed by atoms with Crippen molar-refractivity contribution >= 4 is 18.4 Å². The Bertz CT molecular complexity index is 612. The third-order valence-corrected chi connectivity index (χ3v) is 2.45. The molecule has 2 aromatic rings. The molecule has 0 aliphatic carbocycles. The van der Waals surface area contributed by atoms with Gasteiger partial charge in [0.15, 0.2) is 6.21 Å². The summed E-state index contributed by atoms with van der Waals surface area (Å²) in [6.07, 6.45) is 3.55. The van der Waals surface area contributed by atoms with Crippen molar-refractivity contribution in [1.29, 1.82) is 0 Å². The molecule has 7 heteroatoms. The number of nitrogens with one attached hydrogen (secondary N) is 3. The van der Waals surface area contributed by atoms with E-state index in [2.05, 4.69) is 20.7 Å². The molecule has 22 heavy (non-hydrogen) atoms. The summed E-state index contributed by atoms with van der Waals surface area (Å²) in [5.41, 5.74) is 10.5. The number of rotatable bonds is 4. The van der Waals surface area contributed by atoms with Gasteiger partial charge in [-0.15, -0.1) is 15.6 Å². The monoisotopic (exact) mass is 425 g/mol. The van der Waals surface area contributed by atoms with Crippen LogP contribution in [0.2, 0.25) is 0 Å². The summed E-state index contributed by atoms with van der Waals surface area (Å²) in [5.74, 6) is 0.240. The Kier molecular flexibility index (Phi) is 10.6. The van der Waals surface area contributed by atoms with E-state index in [4.69, 9.17) is 5.73 Å². The molecular formula is C15H17Br2N5.